The van der Waals surface area contributed by atoms with E-state index in [9.17, 15) is 4.79 Å². The number of rotatable bonds is 6. The molecule has 1 aromatic heterocycles. The van der Waals surface area contributed by atoms with Crippen molar-refractivity contribution >= 4 is 12.0 Å². The fraction of sp³-hybridized carbons (Fsp3) is 0.333. The van der Waals surface area contributed by atoms with Crippen LogP contribution in [0.25, 0.3) is 6.08 Å². The highest BCUT2D eigenvalue weighted by Gasteiger charge is 2.17. The molecule has 2 rings (SSSR count). The Hall–Kier alpha value is -2.42. The molecule has 1 unspecified atom stereocenters. The molecule has 3 nitrogen and oxygen atoms in total. The number of nitrogens with one attached hydrogen (secondary N) is 1. The van der Waals surface area contributed by atoms with Crippen LogP contribution in [-0.4, -0.2) is 10.9 Å². The summed E-state index contributed by atoms with van der Waals surface area (Å²) in [6.07, 6.45) is 6.80. The predicted molar refractivity (Wildman–Crippen MR) is 99.5 cm³/mol. The molecule has 0 fully saturated rings. The molecule has 1 amide bonds. The molecular weight excluding hydrogens is 296 g/mol. The second-order valence-electron chi connectivity index (χ2n) is 6.67. The number of carbonyl (C=O) groups excluding carboxylic acids is 1. The molecule has 2 aromatic rings. The molecule has 0 bridgehead atoms. The molecule has 0 spiro atoms. The number of aromatic nitrogens is 1. The van der Waals surface area contributed by atoms with Crippen LogP contribution in [0, 0.1) is 5.92 Å². The van der Waals surface area contributed by atoms with Crippen molar-refractivity contribution in [2.24, 2.45) is 5.92 Å². The molecule has 0 saturated carbocycles. The van der Waals surface area contributed by atoms with E-state index in [0.717, 1.165) is 11.1 Å². The van der Waals surface area contributed by atoms with E-state index in [0.29, 0.717) is 11.8 Å². The number of pyridine rings is 1. The first-order chi connectivity index (χ1) is 11.5. The minimum atomic E-state index is -0.0848. The summed E-state index contributed by atoms with van der Waals surface area (Å²) in [5.74, 6) is 0.737. The van der Waals surface area contributed by atoms with Crippen molar-refractivity contribution in [2.75, 3.05) is 0 Å². The third-order valence-electron chi connectivity index (χ3n) is 4.06. The van der Waals surface area contributed by atoms with Gasteiger partial charge in [0, 0.05) is 18.5 Å². The summed E-state index contributed by atoms with van der Waals surface area (Å²) in [6.45, 7) is 8.60. The molecule has 3 heteroatoms. The molecule has 1 N–H and O–H groups in total. The lowest BCUT2D eigenvalue weighted by molar-refractivity contribution is -0.117. The fourth-order valence-corrected chi connectivity index (χ4v) is 2.57. The van der Waals surface area contributed by atoms with Gasteiger partial charge in [-0.3, -0.25) is 9.78 Å². The highest BCUT2D eigenvalue weighted by molar-refractivity contribution is 5.92. The van der Waals surface area contributed by atoms with Gasteiger partial charge in [-0.25, -0.2) is 0 Å². The number of hydrogen-bond acceptors (Lipinski definition) is 2. The fourth-order valence-electron chi connectivity index (χ4n) is 2.57. The van der Waals surface area contributed by atoms with E-state index < -0.39 is 0 Å². The lowest BCUT2D eigenvalue weighted by Crippen LogP contribution is -2.30. The van der Waals surface area contributed by atoms with E-state index >= 15 is 0 Å². The maximum Gasteiger partial charge on any atom is 0.244 e. The summed E-state index contributed by atoms with van der Waals surface area (Å²) in [4.78, 5) is 16.2. The SMILES string of the molecule is CC(C)c1ccc(C(NC(=O)/C=C/c2ccncc2)C(C)C)cc1. The molecule has 0 aliphatic heterocycles. The summed E-state index contributed by atoms with van der Waals surface area (Å²) < 4.78 is 0. The van der Waals surface area contributed by atoms with Gasteiger partial charge in [-0.15, -0.1) is 0 Å². The van der Waals surface area contributed by atoms with Gasteiger partial charge in [0.05, 0.1) is 6.04 Å². The summed E-state index contributed by atoms with van der Waals surface area (Å²) in [5, 5.41) is 3.11. The van der Waals surface area contributed by atoms with Crippen LogP contribution in [0.4, 0.5) is 0 Å². The van der Waals surface area contributed by atoms with Gasteiger partial charge in [0.15, 0.2) is 0 Å². The van der Waals surface area contributed by atoms with Crippen LogP contribution in [0.1, 0.15) is 56.3 Å². The van der Waals surface area contributed by atoms with Gasteiger partial charge in [-0.2, -0.15) is 0 Å². The molecule has 1 atom stereocenters. The zero-order valence-corrected chi connectivity index (χ0v) is 14.9. The van der Waals surface area contributed by atoms with E-state index in [-0.39, 0.29) is 11.9 Å². The predicted octanol–water partition coefficient (Wildman–Crippen LogP) is 4.73. The van der Waals surface area contributed by atoms with Gasteiger partial charge in [-0.1, -0.05) is 52.0 Å². The van der Waals surface area contributed by atoms with Gasteiger partial charge in [-0.05, 0) is 46.7 Å². The zero-order valence-electron chi connectivity index (χ0n) is 14.9. The first-order valence-corrected chi connectivity index (χ1v) is 8.46. The number of carbonyl (C=O) groups is 1. The van der Waals surface area contributed by atoms with Crippen molar-refractivity contribution in [2.45, 2.75) is 39.7 Å². The number of nitrogens with zero attached hydrogens (tertiary/aromatic N) is 1. The normalized spacial score (nSPS) is 12.8. The Labute approximate surface area is 144 Å². The average molecular weight is 322 g/mol. The summed E-state index contributed by atoms with van der Waals surface area (Å²) in [5.41, 5.74) is 3.41. The molecule has 1 aromatic carbocycles. The minimum Gasteiger partial charge on any atom is -0.345 e. The average Bonchev–Trinajstić information content (AvgIpc) is 2.58. The van der Waals surface area contributed by atoms with Crippen molar-refractivity contribution in [3.8, 4) is 0 Å². The maximum atomic E-state index is 12.3. The first-order valence-electron chi connectivity index (χ1n) is 8.46. The Kier molecular flexibility index (Phi) is 6.30. The van der Waals surface area contributed by atoms with Crippen molar-refractivity contribution in [1.29, 1.82) is 0 Å². The monoisotopic (exact) mass is 322 g/mol. The molecule has 24 heavy (non-hydrogen) atoms. The van der Waals surface area contributed by atoms with E-state index in [1.807, 2.05) is 12.1 Å². The molecule has 126 valence electrons. The third kappa shape index (κ3) is 5.05. The van der Waals surface area contributed by atoms with Crippen LogP contribution in [0.3, 0.4) is 0 Å². The summed E-state index contributed by atoms with van der Waals surface area (Å²) in [7, 11) is 0. The van der Waals surface area contributed by atoms with Crippen molar-refractivity contribution in [3.63, 3.8) is 0 Å². The second-order valence-corrected chi connectivity index (χ2v) is 6.67. The smallest absolute Gasteiger partial charge is 0.244 e. The quantitative estimate of drug-likeness (QED) is 0.781. The van der Waals surface area contributed by atoms with Gasteiger partial charge < -0.3 is 5.32 Å². The molecule has 0 aliphatic rings. The first kappa shape index (κ1) is 17.9. The van der Waals surface area contributed by atoms with Crippen LogP contribution in [0.15, 0.2) is 54.9 Å². The lowest BCUT2D eigenvalue weighted by Gasteiger charge is -2.23. The second kappa shape index (κ2) is 8.44. The standard InChI is InChI=1S/C21H26N2O/c1-15(2)18-6-8-19(9-7-18)21(16(3)4)23-20(24)10-5-17-11-13-22-14-12-17/h5-16,21H,1-4H3,(H,23,24)/b10-5+. The van der Waals surface area contributed by atoms with E-state index in [2.05, 4.69) is 62.3 Å². The highest BCUT2D eigenvalue weighted by atomic mass is 16.1. The maximum absolute atomic E-state index is 12.3. The van der Waals surface area contributed by atoms with Crippen LogP contribution in [-0.2, 0) is 4.79 Å². The Morgan fingerprint density at radius 3 is 2.08 bits per heavy atom. The van der Waals surface area contributed by atoms with Gasteiger partial charge in [0.25, 0.3) is 0 Å². The zero-order chi connectivity index (χ0) is 17.5. The minimum absolute atomic E-state index is 0.000743. The van der Waals surface area contributed by atoms with Gasteiger partial charge in [0.2, 0.25) is 5.91 Å². The molecule has 1 heterocycles. The number of benzene rings is 1. The van der Waals surface area contributed by atoms with Crippen LogP contribution in [0.5, 0.6) is 0 Å². The van der Waals surface area contributed by atoms with Crippen molar-refractivity contribution in [1.82, 2.24) is 10.3 Å². The number of amides is 1. The molecular formula is C21H26N2O. The largest absolute Gasteiger partial charge is 0.345 e. The summed E-state index contributed by atoms with van der Waals surface area (Å²) >= 11 is 0. The van der Waals surface area contributed by atoms with Crippen molar-refractivity contribution in [3.05, 3.63) is 71.6 Å². The van der Waals surface area contributed by atoms with Crippen LogP contribution < -0.4 is 5.32 Å². The molecule has 0 radical (unpaired) electrons. The Morgan fingerprint density at radius 1 is 0.958 bits per heavy atom. The van der Waals surface area contributed by atoms with Gasteiger partial charge >= 0.3 is 0 Å². The van der Waals surface area contributed by atoms with Gasteiger partial charge in [0.1, 0.15) is 0 Å². The van der Waals surface area contributed by atoms with E-state index in [1.54, 1.807) is 24.5 Å². The van der Waals surface area contributed by atoms with Crippen LogP contribution >= 0.6 is 0 Å². The highest BCUT2D eigenvalue weighted by Crippen LogP contribution is 2.24. The molecule has 0 saturated heterocycles. The van der Waals surface area contributed by atoms with Crippen LogP contribution in [0.2, 0.25) is 0 Å². The van der Waals surface area contributed by atoms with E-state index in [4.69, 9.17) is 0 Å². The number of hydrogen-bond donors (Lipinski definition) is 1. The van der Waals surface area contributed by atoms with E-state index in [1.165, 1.54) is 5.56 Å². The Bertz CT molecular complexity index is 673. The van der Waals surface area contributed by atoms with Crippen molar-refractivity contribution < 1.29 is 4.79 Å². The Morgan fingerprint density at radius 2 is 1.54 bits per heavy atom. The Balaban J connectivity index is 2.08. The molecule has 0 aliphatic carbocycles. The third-order valence-corrected chi connectivity index (χ3v) is 4.06. The topological polar surface area (TPSA) is 42.0 Å². The lowest BCUT2D eigenvalue weighted by atomic mass is 9.93. The summed E-state index contributed by atoms with van der Waals surface area (Å²) in [6, 6.07) is 12.3.